The SMILES string of the molecule is Cc1nc(C2CN(C(=O)c3nc(C)c(C)c(N4CC[C@@H](N(C)C)C4)n3)C2)no1. The van der Waals surface area contributed by atoms with Crippen LogP contribution in [-0.2, 0) is 0 Å². The first-order chi connectivity index (χ1) is 13.3. The summed E-state index contributed by atoms with van der Waals surface area (Å²) >= 11 is 0. The van der Waals surface area contributed by atoms with Crippen LogP contribution in [0.5, 0.6) is 0 Å². The number of hydrogen-bond donors (Lipinski definition) is 0. The average molecular weight is 385 g/mol. The Morgan fingerprint density at radius 1 is 1.11 bits per heavy atom. The molecule has 2 saturated heterocycles. The molecule has 0 aromatic carbocycles. The molecule has 0 spiro atoms. The fraction of sp³-hybridized carbons (Fsp3) is 0.632. The maximum atomic E-state index is 12.9. The standard InChI is InChI=1S/C19H27N7O2/c1-11-12(2)20-17(22-18(11)25-7-6-15(10-25)24(4)5)19(27)26-8-14(9-26)16-21-13(3)28-23-16/h14-15H,6-10H2,1-5H3/t15-/m1/s1. The summed E-state index contributed by atoms with van der Waals surface area (Å²) in [4.78, 5) is 32.6. The van der Waals surface area contributed by atoms with Gasteiger partial charge < -0.3 is 19.2 Å². The van der Waals surface area contributed by atoms with E-state index in [1.165, 1.54) is 0 Å². The number of anilines is 1. The van der Waals surface area contributed by atoms with E-state index in [1.54, 1.807) is 11.8 Å². The first kappa shape index (κ1) is 18.8. The lowest BCUT2D eigenvalue weighted by Crippen LogP contribution is -2.49. The average Bonchev–Trinajstić information content (AvgIpc) is 3.25. The summed E-state index contributed by atoms with van der Waals surface area (Å²) in [5.41, 5.74) is 1.90. The number of hydrogen-bond acceptors (Lipinski definition) is 8. The van der Waals surface area contributed by atoms with Gasteiger partial charge in [-0.2, -0.15) is 4.98 Å². The van der Waals surface area contributed by atoms with Crippen molar-refractivity contribution in [1.82, 2.24) is 29.9 Å². The molecule has 0 N–H and O–H groups in total. The van der Waals surface area contributed by atoms with Crippen LogP contribution in [0.25, 0.3) is 0 Å². The molecule has 1 atom stereocenters. The van der Waals surface area contributed by atoms with Gasteiger partial charge in [0.05, 0.1) is 5.92 Å². The normalized spacial score (nSPS) is 20.1. The first-order valence-corrected chi connectivity index (χ1v) is 9.69. The monoisotopic (exact) mass is 385 g/mol. The van der Waals surface area contributed by atoms with Crippen LogP contribution in [-0.4, -0.2) is 82.1 Å². The smallest absolute Gasteiger partial charge is 0.291 e. The molecule has 1 amide bonds. The van der Waals surface area contributed by atoms with Gasteiger partial charge >= 0.3 is 0 Å². The van der Waals surface area contributed by atoms with Gasteiger partial charge in [-0.3, -0.25) is 4.79 Å². The molecule has 0 radical (unpaired) electrons. The van der Waals surface area contributed by atoms with Gasteiger partial charge in [0, 0.05) is 50.4 Å². The minimum absolute atomic E-state index is 0.117. The van der Waals surface area contributed by atoms with E-state index in [0.717, 1.165) is 36.6 Å². The van der Waals surface area contributed by atoms with Crippen LogP contribution in [0.3, 0.4) is 0 Å². The maximum Gasteiger partial charge on any atom is 0.291 e. The summed E-state index contributed by atoms with van der Waals surface area (Å²) < 4.78 is 5.03. The molecule has 2 aliphatic rings. The van der Waals surface area contributed by atoms with E-state index in [2.05, 4.69) is 44.0 Å². The molecule has 9 nitrogen and oxygen atoms in total. The van der Waals surface area contributed by atoms with E-state index in [-0.39, 0.29) is 17.6 Å². The van der Waals surface area contributed by atoms with Gasteiger partial charge in [0.1, 0.15) is 5.82 Å². The lowest BCUT2D eigenvalue weighted by Gasteiger charge is -2.37. The predicted octanol–water partition coefficient (Wildman–Crippen LogP) is 1.16. The Labute approximate surface area is 164 Å². The largest absolute Gasteiger partial charge is 0.355 e. The van der Waals surface area contributed by atoms with Crippen molar-refractivity contribution < 1.29 is 9.32 Å². The summed E-state index contributed by atoms with van der Waals surface area (Å²) in [6.45, 7) is 8.73. The topological polar surface area (TPSA) is 91.5 Å². The molecule has 4 rings (SSSR count). The van der Waals surface area contributed by atoms with Crippen LogP contribution < -0.4 is 4.90 Å². The Bertz CT molecular complexity index is 888. The quantitative estimate of drug-likeness (QED) is 0.774. The Balaban J connectivity index is 1.49. The lowest BCUT2D eigenvalue weighted by atomic mass is 9.99. The first-order valence-electron chi connectivity index (χ1n) is 9.69. The number of carbonyl (C=O) groups excluding carboxylic acids is 1. The van der Waals surface area contributed by atoms with E-state index in [0.29, 0.717) is 30.8 Å². The Kier molecular flexibility index (Phi) is 4.78. The lowest BCUT2D eigenvalue weighted by molar-refractivity contribution is 0.0579. The molecule has 9 heteroatoms. The maximum absolute atomic E-state index is 12.9. The molecular formula is C19H27N7O2. The van der Waals surface area contributed by atoms with Gasteiger partial charge in [0.2, 0.25) is 11.7 Å². The number of amides is 1. The highest BCUT2D eigenvalue weighted by atomic mass is 16.5. The van der Waals surface area contributed by atoms with Gasteiger partial charge in [-0.05, 0) is 34.4 Å². The van der Waals surface area contributed by atoms with Crippen LogP contribution >= 0.6 is 0 Å². The highest BCUT2D eigenvalue weighted by Crippen LogP contribution is 2.28. The van der Waals surface area contributed by atoms with Crippen molar-refractivity contribution >= 4 is 11.7 Å². The van der Waals surface area contributed by atoms with Crippen LogP contribution in [0.15, 0.2) is 4.52 Å². The van der Waals surface area contributed by atoms with Gasteiger partial charge in [-0.15, -0.1) is 0 Å². The third-order valence-corrected chi connectivity index (χ3v) is 5.83. The zero-order valence-corrected chi connectivity index (χ0v) is 17.1. The van der Waals surface area contributed by atoms with Gasteiger partial charge in [-0.25, -0.2) is 9.97 Å². The number of aromatic nitrogens is 4. The third-order valence-electron chi connectivity index (χ3n) is 5.83. The Morgan fingerprint density at radius 3 is 2.46 bits per heavy atom. The van der Waals surface area contributed by atoms with Crippen molar-refractivity contribution in [2.75, 3.05) is 45.2 Å². The molecule has 2 aromatic rings. The minimum atomic E-state index is -0.135. The van der Waals surface area contributed by atoms with Crippen molar-refractivity contribution in [3.63, 3.8) is 0 Å². The minimum Gasteiger partial charge on any atom is -0.355 e. The van der Waals surface area contributed by atoms with Gasteiger partial charge in [0.15, 0.2) is 5.82 Å². The van der Waals surface area contributed by atoms with Gasteiger partial charge in [0.25, 0.3) is 5.91 Å². The highest BCUT2D eigenvalue weighted by Gasteiger charge is 2.37. The van der Waals surface area contributed by atoms with Crippen LogP contribution in [0.4, 0.5) is 5.82 Å². The molecule has 0 bridgehead atoms. The second-order valence-electron chi connectivity index (χ2n) is 8.01. The molecule has 0 unspecified atom stereocenters. The van der Waals surface area contributed by atoms with E-state index in [4.69, 9.17) is 4.52 Å². The second kappa shape index (κ2) is 7.12. The molecule has 150 valence electrons. The van der Waals surface area contributed by atoms with Crippen molar-refractivity contribution in [3.05, 3.63) is 28.8 Å². The Morgan fingerprint density at radius 2 is 1.86 bits per heavy atom. The second-order valence-corrected chi connectivity index (χ2v) is 8.01. The number of rotatable bonds is 4. The molecule has 4 heterocycles. The summed E-state index contributed by atoms with van der Waals surface area (Å²) in [6, 6.07) is 0.503. The van der Waals surface area contributed by atoms with Crippen LogP contribution in [0.1, 0.15) is 45.9 Å². The fourth-order valence-corrected chi connectivity index (χ4v) is 3.80. The molecule has 0 aliphatic carbocycles. The number of nitrogens with zero attached hydrogens (tertiary/aromatic N) is 7. The van der Waals surface area contributed by atoms with E-state index >= 15 is 0 Å². The van der Waals surface area contributed by atoms with E-state index in [1.807, 2.05) is 13.8 Å². The predicted molar refractivity (Wildman–Crippen MR) is 103 cm³/mol. The number of carbonyl (C=O) groups is 1. The zero-order chi connectivity index (χ0) is 20.0. The summed E-state index contributed by atoms with van der Waals surface area (Å²) in [7, 11) is 4.21. The number of likely N-dealkylation sites (tertiary alicyclic amines) is 1. The number of aryl methyl sites for hydroxylation is 2. The molecule has 2 aliphatic heterocycles. The van der Waals surface area contributed by atoms with Crippen molar-refractivity contribution in [3.8, 4) is 0 Å². The fourth-order valence-electron chi connectivity index (χ4n) is 3.80. The molecular weight excluding hydrogens is 358 g/mol. The summed E-state index contributed by atoms with van der Waals surface area (Å²) in [5.74, 6) is 2.34. The third kappa shape index (κ3) is 3.34. The molecule has 2 aromatic heterocycles. The van der Waals surface area contributed by atoms with Gasteiger partial charge in [-0.1, -0.05) is 5.16 Å². The van der Waals surface area contributed by atoms with Crippen LogP contribution in [0.2, 0.25) is 0 Å². The van der Waals surface area contributed by atoms with Crippen molar-refractivity contribution in [2.45, 2.75) is 39.2 Å². The Hall–Kier alpha value is -2.55. The van der Waals surface area contributed by atoms with Crippen molar-refractivity contribution in [1.29, 1.82) is 0 Å². The van der Waals surface area contributed by atoms with E-state index < -0.39 is 0 Å². The van der Waals surface area contributed by atoms with Crippen LogP contribution in [0, 0.1) is 20.8 Å². The molecule has 28 heavy (non-hydrogen) atoms. The summed E-state index contributed by atoms with van der Waals surface area (Å²) in [5, 5.41) is 3.95. The zero-order valence-electron chi connectivity index (χ0n) is 17.1. The van der Waals surface area contributed by atoms with Crippen molar-refractivity contribution in [2.24, 2.45) is 0 Å². The molecule has 2 fully saturated rings. The molecule has 0 saturated carbocycles. The highest BCUT2D eigenvalue weighted by molar-refractivity contribution is 5.91. The number of likely N-dealkylation sites (N-methyl/N-ethyl adjacent to an activating group) is 1. The summed E-state index contributed by atoms with van der Waals surface area (Å²) in [6.07, 6.45) is 1.09. The van der Waals surface area contributed by atoms with E-state index in [9.17, 15) is 4.79 Å².